The maximum Gasteiger partial charge on any atom is 0.152 e. The van der Waals surface area contributed by atoms with Gasteiger partial charge in [0.05, 0.1) is 5.69 Å². The zero-order valence-electron chi connectivity index (χ0n) is 8.94. The lowest BCUT2D eigenvalue weighted by Crippen LogP contribution is -2.12. The summed E-state index contributed by atoms with van der Waals surface area (Å²) in [5, 5.41) is 12.7. The van der Waals surface area contributed by atoms with Crippen molar-refractivity contribution in [3.63, 3.8) is 0 Å². The molecule has 0 saturated heterocycles. The molecule has 1 aromatic rings. The second-order valence-corrected chi connectivity index (χ2v) is 4.15. The van der Waals surface area contributed by atoms with Gasteiger partial charge in [0.15, 0.2) is 5.82 Å². The summed E-state index contributed by atoms with van der Waals surface area (Å²) in [7, 11) is 1.82. The van der Waals surface area contributed by atoms with E-state index in [1.165, 1.54) is 6.34 Å². The molecule has 2 N–H and O–H groups in total. The number of nitrogens with one attached hydrogen (secondary N) is 1. The summed E-state index contributed by atoms with van der Waals surface area (Å²) in [6, 6.07) is 1.90. The van der Waals surface area contributed by atoms with Crippen LogP contribution in [0.1, 0.15) is 26.5 Å². The van der Waals surface area contributed by atoms with Crippen LogP contribution in [0, 0.1) is 0 Å². The van der Waals surface area contributed by atoms with Crippen molar-refractivity contribution >= 4 is 12.2 Å². The largest absolute Gasteiger partial charge is 0.290 e. The Kier molecular flexibility index (Phi) is 2.90. The van der Waals surface area contributed by atoms with Gasteiger partial charge in [0.1, 0.15) is 6.34 Å². The summed E-state index contributed by atoms with van der Waals surface area (Å²) in [5.74, 6) is 0.705. The lowest BCUT2D eigenvalue weighted by Gasteiger charge is -2.13. The molecule has 0 saturated carbocycles. The van der Waals surface area contributed by atoms with Crippen LogP contribution in [-0.2, 0) is 12.5 Å². The summed E-state index contributed by atoms with van der Waals surface area (Å²) in [5.41, 5.74) is 2.85. The van der Waals surface area contributed by atoms with Gasteiger partial charge in [-0.15, -0.1) is 0 Å². The van der Waals surface area contributed by atoms with E-state index < -0.39 is 0 Å². The molecule has 78 valence electrons. The quantitative estimate of drug-likeness (QED) is 0.426. The summed E-state index contributed by atoms with van der Waals surface area (Å²) < 4.78 is 1.68. The Morgan fingerprint density at radius 1 is 1.57 bits per heavy atom. The van der Waals surface area contributed by atoms with E-state index in [4.69, 9.17) is 5.21 Å². The van der Waals surface area contributed by atoms with Gasteiger partial charge in [0.25, 0.3) is 0 Å². The first kappa shape index (κ1) is 10.7. The first-order valence-electron chi connectivity index (χ1n) is 4.42. The Balaban J connectivity index is 2.99. The van der Waals surface area contributed by atoms with Crippen LogP contribution in [0.25, 0.3) is 0 Å². The minimum Gasteiger partial charge on any atom is -0.290 e. The molecular weight excluding hydrogens is 180 g/mol. The molecular formula is C9H16N4O. The van der Waals surface area contributed by atoms with Crippen LogP contribution in [0.3, 0.4) is 0 Å². The monoisotopic (exact) mass is 196 g/mol. The normalized spacial score (nSPS) is 12.4. The van der Waals surface area contributed by atoms with E-state index in [1.54, 1.807) is 4.68 Å². The summed E-state index contributed by atoms with van der Waals surface area (Å²) in [4.78, 5) is 3.97. The van der Waals surface area contributed by atoms with Crippen LogP contribution in [-0.4, -0.2) is 21.3 Å². The van der Waals surface area contributed by atoms with Crippen LogP contribution in [0.5, 0.6) is 0 Å². The number of hydrogen-bond donors (Lipinski definition) is 2. The van der Waals surface area contributed by atoms with E-state index >= 15 is 0 Å². The van der Waals surface area contributed by atoms with Gasteiger partial charge in [-0.1, -0.05) is 20.8 Å². The molecule has 0 unspecified atom stereocenters. The van der Waals surface area contributed by atoms with E-state index in [-0.39, 0.29) is 5.41 Å². The summed E-state index contributed by atoms with van der Waals surface area (Å²) >= 11 is 0. The summed E-state index contributed by atoms with van der Waals surface area (Å²) in [6.07, 6.45) is 1.21. The molecule has 0 aliphatic heterocycles. The Morgan fingerprint density at radius 2 is 2.21 bits per heavy atom. The number of aromatic nitrogens is 2. The fourth-order valence-electron chi connectivity index (χ4n) is 1.04. The van der Waals surface area contributed by atoms with Crippen molar-refractivity contribution in [1.29, 1.82) is 0 Å². The van der Waals surface area contributed by atoms with Crippen LogP contribution >= 0.6 is 0 Å². The van der Waals surface area contributed by atoms with Gasteiger partial charge < -0.3 is 0 Å². The molecule has 0 aromatic carbocycles. The third-order valence-electron chi connectivity index (χ3n) is 1.88. The van der Waals surface area contributed by atoms with E-state index in [9.17, 15) is 0 Å². The highest BCUT2D eigenvalue weighted by molar-refractivity contribution is 5.58. The molecule has 5 heteroatoms. The Labute approximate surface area is 83.4 Å². The average molecular weight is 196 g/mol. The zero-order valence-corrected chi connectivity index (χ0v) is 8.94. The molecule has 0 radical (unpaired) electrons. The van der Waals surface area contributed by atoms with Crippen molar-refractivity contribution in [2.24, 2.45) is 12.0 Å². The van der Waals surface area contributed by atoms with Crippen LogP contribution < -0.4 is 5.48 Å². The number of nitrogens with zero attached hydrogens (tertiary/aromatic N) is 3. The molecule has 1 rings (SSSR count). The van der Waals surface area contributed by atoms with Crippen LogP contribution in [0.15, 0.2) is 11.1 Å². The topological polar surface area (TPSA) is 62.4 Å². The third-order valence-corrected chi connectivity index (χ3v) is 1.88. The lowest BCUT2D eigenvalue weighted by molar-refractivity contribution is 0.240. The zero-order chi connectivity index (χ0) is 10.8. The number of rotatable bonds is 2. The first-order valence-corrected chi connectivity index (χ1v) is 4.42. The van der Waals surface area contributed by atoms with Gasteiger partial charge >= 0.3 is 0 Å². The smallest absolute Gasteiger partial charge is 0.152 e. The molecule has 0 fully saturated rings. The number of aryl methyl sites for hydroxylation is 1. The van der Waals surface area contributed by atoms with Crippen LogP contribution in [0.2, 0.25) is 0 Å². The van der Waals surface area contributed by atoms with E-state index in [1.807, 2.05) is 18.6 Å². The van der Waals surface area contributed by atoms with Gasteiger partial charge in [-0.2, -0.15) is 5.10 Å². The third kappa shape index (κ3) is 2.32. The number of aliphatic imine (C=N–C) groups is 1. The Bertz CT molecular complexity index is 335. The van der Waals surface area contributed by atoms with Gasteiger partial charge in [-0.05, 0) is 0 Å². The Hall–Kier alpha value is -1.36. The highest BCUT2D eigenvalue weighted by Gasteiger charge is 2.18. The van der Waals surface area contributed by atoms with E-state index in [2.05, 4.69) is 30.9 Å². The van der Waals surface area contributed by atoms with Gasteiger partial charge in [0, 0.05) is 18.5 Å². The highest BCUT2D eigenvalue weighted by atomic mass is 16.5. The van der Waals surface area contributed by atoms with Crippen molar-refractivity contribution in [1.82, 2.24) is 15.3 Å². The molecule has 14 heavy (non-hydrogen) atoms. The molecule has 0 atom stereocenters. The standard InChI is InChI=1S/C9H16N4O/c1-9(2,3)7-5-8(10-6-11-14)13(4)12-7/h5-6,14H,1-4H3,(H,10,11). The summed E-state index contributed by atoms with van der Waals surface area (Å²) in [6.45, 7) is 6.27. The minimum absolute atomic E-state index is 0.0121. The lowest BCUT2D eigenvalue weighted by atomic mass is 9.92. The maximum atomic E-state index is 8.36. The fraction of sp³-hybridized carbons (Fsp3) is 0.556. The fourth-order valence-corrected chi connectivity index (χ4v) is 1.04. The second kappa shape index (κ2) is 3.79. The second-order valence-electron chi connectivity index (χ2n) is 4.15. The van der Waals surface area contributed by atoms with Crippen LogP contribution in [0.4, 0.5) is 5.82 Å². The van der Waals surface area contributed by atoms with Gasteiger partial charge in [0.2, 0.25) is 0 Å². The predicted molar refractivity (Wildman–Crippen MR) is 55.0 cm³/mol. The molecule has 1 heterocycles. The molecule has 0 bridgehead atoms. The molecule has 0 aliphatic carbocycles. The van der Waals surface area contributed by atoms with Crippen molar-refractivity contribution < 1.29 is 5.21 Å². The van der Waals surface area contributed by atoms with Crippen molar-refractivity contribution in [3.05, 3.63) is 11.8 Å². The SMILES string of the molecule is Cn1nc(C(C)(C)C)cc1/N=C/NO. The minimum atomic E-state index is 0.0121. The molecule has 5 nitrogen and oxygen atoms in total. The van der Waals surface area contributed by atoms with E-state index in [0.29, 0.717) is 5.82 Å². The van der Waals surface area contributed by atoms with Gasteiger partial charge in [-0.25, -0.2) is 4.99 Å². The van der Waals surface area contributed by atoms with Crippen molar-refractivity contribution in [2.75, 3.05) is 0 Å². The maximum absolute atomic E-state index is 8.36. The molecule has 0 aliphatic rings. The average Bonchev–Trinajstić information content (AvgIpc) is 2.43. The molecule has 1 aromatic heterocycles. The number of hydroxylamine groups is 1. The molecule has 0 spiro atoms. The Morgan fingerprint density at radius 3 is 2.64 bits per heavy atom. The molecule has 0 amide bonds. The van der Waals surface area contributed by atoms with Crippen molar-refractivity contribution in [2.45, 2.75) is 26.2 Å². The van der Waals surface area contributed by atoms with Crippen molar-refractivity contribution in [3.8, 4) is 0 Å². The van der Waals surface area contributed by atoms with Gasteiger partial charge in [-0.3, -0.25) is 15.4 Å². The highest BCUT2D eigenvalue weighted by Crippen LogP contribution is 2.24. The number of hydrogen-bond acceptors (Lipinski definition) is 3. The van der Waals surface area contributed by atoms with E-state index in [0.717, 1.165) is 5.69 Å². The first-order chi connectivity index (χ1) is 6.45. The predicted octanol–water partition coefficient (Wildman–Crippen LogP) is 1.36.